The molecule has 0 spiro atoms. The number of nitrogens with one attached hydrogen (secondary N) is 3. The number of urea groups is 1. The van der Waals surface area contributed by atoms with Crippen LogP contribution >= 0.6 is 23.2 Å². The van der Waals surface area contributed by atoms with Crippen LogP contribution in [-0.4, -0.2) is 50.9 Å². The first kappa shape index (κ1) is 29.4. The van der Waals surface area contributed by atoms with Gasteiger partial charge in [-0.25, -0.2) is 9.18 Å². The molecular formula is C22H23Cl2F4N3O5. The Labute approximate surface area is 214 Å². The first-order valence-corrected chi connectivity index (χ1v) is 10.9. The summed E-state index contributed by atoms with van der Waals surface area (Å²) in [7, 11) is 2.74. The second-order valence-corrected chi connectivity index (χ2v) is 8.46. The van der Waals surface area contributed by atoms with Gasteiger partial charge in [0.05, 0.1) is 16.6 Å². The fourth-order valence-corrected chi connectivity index (χ4v) is 3.52. The van der Waals surface area contributed by atoms with Crippen LogP contribution in [0.15, 0.2) is 36.4 Å². The van der Waals surface area contributed by atoms with E-state index in [-0.39, 0.29) is 28.7 Å². The summed E-state index contributed by atoms with van der Waals surface area (Å²) in [6.07, 6.45) is -5.77. The molecule has 1 atom stereocenters. The van der Waals surface area contributed by atoms with Crippen LogP contribution in [0, 0.1) is 5.82 Å². The molecule has 0 unspecified atom stereocenters. The highest BCUT2D eigenvalue weighted by molar-refractivity contribution is 6.35. The van der Waals surface area contributed by atoms with E-state index in [1.54, 1.807) is 0 Å². The van der Waals surface area contributed by atoms with Crippen molar-refractivity contribution in [3.63, 3.8) is 0 Å². The van der Waals surface area contributed by atoms with Crippen LogP contribution in [0.1, 0.15) is 12.5 Å². The monoisotopic (exact) mass is 555 g/mol. The molecule has 2 rings (SSSR count). The third-order valence-corrected chi connectivity index (χ3v) is 5.35. The van der Waals surface area contributed by atoms with Gasteiger partial charge in [-0.1, -0.05) is 35.3 Å². The average molecular weight is 556 g/mol. The van der Waals surface area contributed by atoms with Crippen molar-refractivity contribution in [1.29, 1.82) is 0 Å². The summed E-state index contributed by atoms with van der Waals surface area (Å²) in [5, 5.41) is 6.86. The van der Waals surface area contributed by atoms with Gasteiger partial charge in [0.2, 0.25) is 5.91 Å². The van der Waals surface area contributed by atoms with Crippen molar-refractivity contribution in [1.82, 2.24) is 10.6 Å². The van der Waals surface area contributed by atoms with Crippen LogP contribution in [0.25, 0.3) is 0 Å². The molecule has 0 bridgehead atoms. The van der Waals surface area contributed by atoms with Crippen LogP contribution in [-0.2, 0) is 20.7 Å². The van der Waals surface area contributed by atoms with Crippen molar-refractivity contribution in [2.75, 3.05) is 26.1 Å². The van der Waals surface area contributed by atoms with Gasteiger partial charge in [0.15, 0.2) is 12.1 Å². The van der Waals surface area contributed by atoms with Gasteiger partial charge in [0.25, 0.3) is 0 Å². The van der Waals surface area contributed by atoms with Crippen molar-refractivity contribution >= 4 is 40.8 Å². The van der Waals surface area contributed by atoms with E-state index >= 15 is 0 Å². The Balaban J connectivity index is 2.27. The predicted molar refractivity (Wildman–Crippen MR) is 125 cm³/mol. The number of halogens is 6. The SMILES string of the molecule is COC(CNC(=O)N[C@](C)(Cc1ccc(OC(F)(F)F)cc1)C(=O)Nc1cc(Cl)c(F)c(Cl)c1)OC. The number of hydrogen-bond acceptors (Lipinski definition) is 5. The molecular weight excluding hydrogens is 533 g/mol. The molecule has 0 saturated heterocycles. The van der Waals surface area contributed by atoms with Crippen molar-refractivity contribution in [2.24, 2.45) is 0 Å². The Morgan fingerprint density at radius 1 is 1.03 bits per heavy atom. The molecule has 3 amide bonds. The lowest BCUT2D eigenvalue weighted by Gasteiger charge is -2.30. The highest BCUT2D eigenvalue weighted by atomic mass is 35.5. The van der Waals surface area contributed by atoms with E-state index in [0.717, 1.165) is 24.3 Å². The number of rotatable bonds is 10. The molecule has 0 aliphatic heterocycles. The van der Waals surface area contributed by atoms with Crippen LogP contribution in [0.4, 0.5) is 28.0 Å². The Hall–Kier alpha value is -2.80. The highest BCUT2D eigenvalue weighted by Crippen LogP contribution is 2.29. The summed E-state index contributed by atoms with van der Waals surface area (Å²) >= 11 is 11.6. The first-order valence-electron chi connectivity index (χ1n) is 10.2. The van der Waals surface area contributed by atoms with Gasteiger partial charge in [-0.3, -0.25) is 4.79 Å². The molecule has 0 aliphatic rings. The smallest absolute Gasteiger partial charge is 0.406 e. The van der Waals surface area contributed by atoms with Crippen LogP contribution in [0.3, 0.4) is 0 Å². The third kappa shape index (κ3) is 8.70. The van der Waals surface area contributed by atoms with Gasteiger partial charge >= 0.3 is 12.4 Å². The summed E-state index contributed by atoms with van der Waals surface area (Å²) in [6, 6.07) is 6.26. The van der Waals surface area contributed by atoms with E-state index in [0.29, 0.717) is 5.56 Å². The molecule has 0 fully saturated rings. The van der Waals surface area contributed by atoms with E-state index in [1.165, 1.54) is 33.3 Å². The second-order valence-electron chi connectivity index (χ2n) is 7.64. The third-order valence-electron chi connectivity index (χ3n) is 4.80. The molecule has 0 aromatic heterocycles. The summed E-state index contributed by atoms with van der Waals surface area (Å²) < 4.78 is 64.9. The number of ether oxygens (including phenoxy) is 3. The predicted octanol–water partition coefficient (Wildman–Crippen LogP) is 4.89. The van der Waals surface area contributed by atoms with Crippen molar-refractivity contribution in [3.05, 3.63) is 57.8 Å². The van der Waals surface area contributed by atoms with Gasteiger partial charge in [-0.2, -0.15) is 0 Å². The highest BCUT2D eigenvalue weighted by Gasteiger charge is 2.36. The van der Waals surface area contributed by atoms with Gasteiger partial charge in [0, 0.05) is 26.3 Å². The Kier molecular flexibility index (Phi) is 10.2. The number of methoxy groups -OCH3 is 2. The summed E-state index contributed by atoms with van der Waals surface area (Å²) in [6.45, 7) is 1.34. The molecule has 0 heterocycles. The van der Waals surface area contributed by atoms with Crippen molar-refractivity contribution in [3.8, 4) is 5.75 Å². The Morgan fingerprint density at radius 3 is 2.08 bits per heavy atom. The fraction of sp³-hybridized carbons (Fsp3) is 0.364. The lowest BCUT2D eigenvalue weighted by atomic mass is 9.91. The zero-order chi connectivity index (χ0) is 27.1. The van der Waals surface area contributed by atoms with Crippen LogP contribution < -0.4 is 20.7 Å². The number of anilines is 1. The molecule has 36 heavy (non-hydrogen) atoms. The maximum Gasteiger partial charge on any atom is 0.573 e. The van der Waals surface area contributed by atoms with E-state index in [2.05, 4.69) is 20.7 Å². The van der Waals surface area contributed by atoms with E-state index in [9.17, 15) is 27.2 Å². The fourth-order valence-electron chi connectivity index (χ4n) is 3.03. The molecule has 8 nitrogen and oxygen atoms in total. The van der Waals surface area contributed by atoms with Gasteiger partial charge < -0.3 is 30.2 Å². The molecule has 2 aromatic rings. The van der Waals surface area contributed by atoms with Gasteiger partial charge in [0.1, 0.15) is 11.3 Å². The van der Waals surface area contributed by atoms with Gasteiger partial charge in [-0.05, 0) is 36.8 Å². The van der Waals surface area contributed by atoms with Crippen LogP contribution in [0.2, 0.25) is 10.0 Å². The maximum atomic E-state index is 13.7. The first-order chi connectivity index (χ1) is 16.8. The maximum absolute atomic E-state index is 13.7. The normalized spacial score (nSPS) is 13.2. The number of hydrogen-bond donors (Lipinski definition) is 3. The quantitative estimate of drug-likeness (QED) is 0.220. The average Bonchev–Trinajstić information content (AvgIpc) is 2.78. The lowest BCUT2D eigenvalue weighted by molar-refractivity contribution is -0.274. The topological polar surface area (TPSA) is 97.9 Å². The molecule has 198 valence electrons. The summed E-state index contributed by atoms with van der Waals surface area (Å²) in [5.74, 6) is -2.07. The molecule has 0 radical (unpaired) electrons. The molecule has 3 N–H and O–H groups in total. The zero-order valence-corrected chi connectivity index (χ0v) is 20.8. The summed E-state index contributed by atoms with van der Waals surface area (Å²) in [5.41, 5.74) is -1.21. The number of alkyl halides is 3. The van der Waals surface area contributed by atoms with E-state index in [4.69, 9.17) is 32.7 Å². The number of benzene rings is 2. The standard InChI is InChI=1S/C22H23Cl2F4N3O5/c1-21(31-20(33)29-11-17(34-2)35-3,10-12-4-6-14(7-5-12)36-22(26,27)28)19(32)30-13-8-15(23)18(25)16(24)9-13/h4-9,17H,10-11H2,1-3H3,(H,30,32)(H2,29,31,33)/t21-/m1/s1. The van der Waals surface area contributed by atoms with Crippen molar-refractivity contribution in [2.45, 2.75) is 31.5 Å². The molecule has 14 heteroatoms. The van der Waals surface area contributed by atoms with Gasteiger partial charge in [-0.15, -0.1) is 13.2 Å². The van der Waals surface area contributed by atoms with E-state index in [1.807, 2.05) is 0 Å². The summed E-state index contributed by atoms with van der Waals surface area (Å²) in [4.78, 5) is 25.8. The number of carbonyl (C=O) groups excluding carboxylic acids is 2. The van der Waals surface area contributed by atoms with Crippen LogP contribution in [0.5, 0.6) is 5.75 Å². The zero-order valence-electron chi connectivity index (χ0n) is 19.3. The number of amides is 3. The minimum atomic E-state index is -4.87. The molecule has 2 aromatic carbocycles. The Bertz CT molecular complexity index is 1050. The van der Waals surface area contributed by atoms with E-state index < -0.39 is 41.7 Å². The largest absolute Gasteiger partial charge is 0.573 e. The minimum Gasteiger partial charge on any atom is -0.406 e. The minimum absolute atomic E-state index is 0.0524. The van der Waals surface area contributed by atoms with Crippen molar-refractivity contribution < 1.29 is 41.4 Å². The Morgan fingerprint density at radius 2 is 1.58 bits per heavy atom. The number of carbonyl (C=O) groups is 2. The lowest BCUT2D eigenvalue weighted by Crippen LogP contribution is -2.59. The molecule has 0 aliphatic carbocycles. The molecule has 0 saturated carbocycles. The second kappa shape index (κ2) is 12.4.